The summed E-state index contributed by atoms with van der Waals surface area (Å²) >= 11 is 1.67. The fraction of sp³-hybridized carbons (Fsp3) is 0.273. The molecule has 0 saturated heterocycles. The van der Waals surface area contributed by atoms with Crippen molar-refractivity contribution in [1.29, 1.82) is 0 Å². The van der Waals surface area contributed by atoms with Crippen LogP contribution in [0.25, 0.3) is 0 Å². The first-order valence-corrected chi connectivity index (χ1v) is 6.00. The average Bonchev–Trinajstić information content (AvgIpc) is 2.30. The van der Waals surface area contributed by atoms with Gasteiger partial charge in [-0.3, -0.25) is 9.29 Å². The van der Waals surface area contributed by atoms with Gasteiger partial charge in [-0.15, -0.1) is 12.4 Å². The molecule has 86 valence electrons. The molecule has 0 radical (unpaired) electrons. The summed E-state index contributed by atoms with van der Waals surface area (Å²) in [5, 5.41) is 0. The number of halogens is 1. The number of aliphatic imine (C=N–C) groups is 1. The van der Waals surface area contributed by atoms with Gasteiger partial charge < -0.3 is 0 Å². The third-order valence-corrected chi connectivity index (χ3v) is 3.13. The number of pyridine rings is 1. The predicted octanol–water partition coefficient (Wildman–Crippen LogP) is 2.75. The molecule has 0 saturated carbocycles. The highest BCUT2D eigenvalue weighted by molar-refractivity contribution is 7.96. The highest BCUT2D eigenvalue weighted by atomic mass is 35.5. The van der Waals surface area contributed by atoms with Gasteiger partial charge in [0.2, 0.25) is 0 Å². The van der Waals surface area contributed by atoms with Crippen molar-refractivity contribution in [3.05, 3.63) is 42.4 Å². The minimum absolute atomic E-state index is 0. The Balaban J connectivity index is 0.00000128. The molecule has 5 heteroatoms. The van der Waals surface area contributed by atoms with Crippen LogP contribution in [0.5, 0.6) is 0 Å². The molecule has 1 atom stereocenters. The van der Waals surface area contributed by atoms with Crippen LogP contribution in [0.2, 0.25) is 0 Å². The van der Waals surface area contributed by atoms with E-state index in [0.717, 1.165) is 11.5 Å². The Morgan fingerprint density at radius 2 is 2.19 bits per heavy atom. The molecule has 16 heavy (non-hydrogen) atoms. The molecule has 0 fully saturated rings. The molecule has 2 rings (SSSR count). The lowest BCUT2D eigenvalue weighted by Crippen LogP contribution is -2.34. The van der Waals surface area contributed by atoms with Crippen LogP contribution in [0.15, 0.2) is 41.7 Å². The molecule has 1 aliphatic heterocycles. The Morgan fingerprint density at radius 1 is 1.38 bits per heavy atom. The number of hydrogen-bond acceptors (Lipinski definition) is 4. The van der Waals surface area contributed by atoms with Crippen molar-refractivity contribution in [2.24, 2.45) is 4.99 Å². The Bertz CT molecular complexity index is 391. The molecule has 0 bridgehead atoms. The second kappa shape index (κ2) is 5.92. The molecular weight excluding hydrogens is 242 g/mol. The molecule has 3 nitrogen and oxygen atoms in total. The standard InChI is InChI=1S/C11H13N3S.ClH/c1-9-6-8-13-11(14(9)15-2)10-5-3-4-7-12-10;/h3-9H,1-2H3;1H. The molecule has 1 aromatic rings. The van der Waals surface area contributed by atoms with Crippen LogP contribution in [0.3, 0.4) is 0 Å². The molecular formula is C11H14ClN3S. The Kier molecular flexibility index (Phi) is 4.83. The number of nitrogens with zero attached hydrogens (tertiary/aromatic N) is 3. The maximum atomic E-state index is 4.38. The normalized spacial score (nSPS) is 19.0. The van der Waals surface area contributed by atoms with E-state index in [1.165, 1.54) is 0 Å². The van der Waals surface area contributed by atoms with Gasteiger partial charge in [0.25, 0.3) is 0 Å². The summed E-state index contributed by atoms with van der Waals surface area (Å²) in [6.45, 7) is 2.14. The van der Waals surface area contributed by atoms with Crippen molar-refractivity contribution in [1.82, 2.24) is 9.29 Å². The zero-order valence-corrected chi connectivity index (χ0v) is 10.8. The Labute approximate surface area is 106 Å². The lowest BCUT2D eigenvalue weighted by molar-refractivity contribution is 0.591. The van der Waals surface area contributed by atoms with E-state index >= 15 is 0 Å². The van der Waals surface area contributed by atoms with Crippen molar-refractivity contribution < 1.29 is 0 Å². The predicted molar refractivity (Wildman–Crippen MR) is 72.0 cm³/mol. The van der Waals surface area contributed by atoms with E-state index in [-0.39, 0.29) is 12.4 Å². The van der Waals surface area contributed by atoms with Gasteiger partial charge in [0.15, 0.2) is 5.84 Å². The van der Waals surface area contributed by atoms with E-state index in [2.05, 4.69) is 27.3 Å². The summed E-state index contributed by atoms with van der Waals surface area (Å²) in [7, 11) is 0. The van der Waals surface area contributed by atoms with Crippen molar-refractivity contribution in [2.45, 2.75) is 13.0 Å². The number of aromatic nitrogens is 1. The second-order valence-corrected chi connectivity index (χ2v) is 4.02. The number of hydrogen-bond donors (Lipinski definition) is 0. The van der Waals surface area contributed by atoms with E-state index < -0.39 is 0 Å². The summed E-state index contributed by atoms with van der Waals surface area (Å²) in [6.07, 6.45) is 7.76. The van der Waals surface area contributed by atoms with Crippen LogP contribution >= 0.6 is 24.4 Å². The lowest BCUT2D eigenvalue weighted by Gasteiger charge is -2.29. The van der Waals surface area contributed by atoms with Gasteiger partial charge in [0.05, 0.1) is 6.04 Å². The third-order valence-electron chi connectivity index (χ3n) is 2.23. The quantitative estimate of drug-likeness (QED) is 0.761. The van der Waals surface area contributed by atoms with Crippen molar-refractivity contribution in [3.63, 3.8) is 0 Å². The lowest BCUT2D eigenvalue weighted by atomic mass is 10.2. The zero-order valence-electron chi connectivity index (χ0n) is 9.20. The fourth-order valence-corrected chi connectivity index (χ4v) is 2.21. The molecule has 0 aliphatic carbocycles. The van der Waals surface area contributed by atoms with Crippen molar-refractivity contribution in [2.75, 3.05) is 6.26 Å². The molecule has 0 spiro atoms. The first-order valence-electron chi connectivity index (χ1n) is 4.82. The van der Waals surface area contributed by atoms with Crippen molar-refractivity contribution >= 4 is 30.2 Å². The highest BCUT2D eigenvalue weighted by Crippen LogP contribution is 2.20. The molecule has 1 aliphatic rings. The van der Waals surface area contributed by atoms with Crippen LogP contribution in [-0.4, -0.2) is 27.4 Å². The maximum absolute atomic E-state index is 4.38. The summed E-state index contributed by atoms with van der Waals surface area (Å²) in [6, 6.07) is 6.23. The zero-order chi connectivity index (χ0) is 10.7. The van der Waals surface area contributed by atoms with E-state index in [0.29, 0.717) is 6.04 Å². The van der Waals surface area contributed by atoms with E-state index in [1.54, 1.807) is 18.1 Å². The highest BCUT2D eigenvalue weighted by Gasteiger charge is 2.20. The molecule has 0 aromatic carbocycles. The van der Waals surface area contributed by atoms with E-state index in [4.69, 9.17) is 0 Å². The SMILES string of the molecule is CSN1C(c2ccccn2)=NC=CC1C.Cl. The summed E-state index contributed by atoms with van der Waals surface area (Å²) in [5.41, 5.74) is 0.919. The topological polar surface area (TPSA) is 28.5 Å². The van der Waals surface area contributed by atoms with E-state index in [1.807, 2.05) is 30.7 Å². The summed E-state index contributed by atoms with van der Waals surface area (Å²) in [5.74, 6) is 0.929. The Morgan fingerprint density at radius 3 is 2.81 bits per heavy atom. The molecule has 1 unspecified atom stereocenters. The van der Waals surface area contributed by atoms with Gasteiger partial charge in [-0.25, -0.2) is 4.99 Å². The van der Waals surface area contributed by atoms with Gasteiger partial charge in [-0.2, -0.15) is 0 Å². The fourth-order valence-electron chi connectivity index (χ4n) is 1.49. The monoisotopic (exact) mass is 255 g/mol. The van der Waals surface area contributed by atoms with Crippen LogP contribution in [0.4, 0.5) is 0 Å². The molecule has 2 heterocycles. The summed E-state index contributed by atoms with van der Waals surface area (Å²) < 4.78 is 2.16. The van der Waals surface area contributed by atoms with Crippen molar-refractivity contribution in [3.8, 4) is 0 Å². The minimum Gasteiger partial charge on any atom is -0.292 e. The van der Waals surface area contributed by atoms with Gasteiger partial charge in [-0.05, 0) is 25.1 Å². The van der Waals surface area contributed by atoms with Gasteiger partial charge in [-0.1, -0.05) is 18.0 Å². The van der Waals surface area contributed by atoms with Crippen LogP contribution in [0.1, 0.15) is 12.6 Å². The van der Waals surface area contributed by atoms with Gasteiger partial charge in [0, 0.05) is 18.7 Å². The van der Waals surface area contributed by atoms with E-state index in [9.17, 15) is 0 Å². The minimum atomic E-state index is 0. The third kappa shape index (κ3) is 2.57. The van der Waals surface area contributed by atoms with Crippen LogP contribution < -0.4 is 0 Å². The first-order chi connectivity index (χ1) is 7.33. The van der Waals surface area contributed by atoms with Crippen LogP contribution in [-0.2, 0) is 0 Å². The second-order valence-electron chi connectivity index (χ2n) is 3.26. The summed E-state index contributed by atoms with van der Waals surface area (Å²) in [4.78, 5) is 8.70. The molecule has 0 amide bonds. The average molecular weight is 256 g/mol. The smallest absolute Gasteiger partial charge is 0.165 e. The van der Waals surface area contributed by atoms with Gasteiger partial charge >= 0.3 is 0 Å². The molecule has 0 N–H and O–H groups in total. The van der Waals surface area contributed by atoms with Gasteiger partial charge in [0.1, 0.15) is 5.69 Å². The largest absolute Gasteiger partial charge is 0.292 e. The van der Waals surface area contributed by atoms with Crippen LogP contribution in [0, 0.1) is 0 Å². The Hall–Kier alpha value is -1.00. The number of amidine groups is 1. The first kappa shape index (κ1) is 13.1. The number of rotatable bonds is 2. The molecule has 1 aromatic heterocycles. The maximum Gasteiger partial charge on any atom is 0.165 e.